The first kappa shape index (κ1) is 10.4. The van der Waals surface area contributed by atoms with E-state index in [1.54, 1.807) is 0 Å². The van der Waals surface area contributed by atoms with Crippen molar-refractivity contribution in [2.75, 3.05) is 0 Å². The normalized spacial score (nSPS) is 20.1. The molecular weight excluding hydrogens is 184 g/mol. The third kappa shape index (κ3) is 1.97. The Morgan fingerprint density at radius 3 is 2.47 bits per heavy atom. The summed E-state index contributed by atoms with van der Waals surface area (Å²) in [4.78, 5) is 10.8. The van der Waals surface area contributed by atoms with Crippen LogP contribution >= 0.6 is 0 Å². The maximum Gasteiger partial charge on any atom is 0.123 e. The van der Waals surface area contributed by atoms with Gasteiger partial charge >= 0.3 is 0 Å². The summed E-state index contributed by atoms with van der Waals surface area (Å²) in [5.41, 5.74) is 4.31. The maximum absolute atomic E-state index is 10.8. The van der Waals surface area contributed by atoms with E-state index in [0.29, 0.717) is 0 Å². The van der Waals surface area contributed by atoms with Gasteiger partial charge in [-0.25, -0.2) is 0 Å². The number of aldehydes is 1. The van der Waals surface area contributed by atoms with Crippen LogP contribution < -0.4 is 0 Å². The van der Waals surface area contributed by atoms with Gasteiger partial charge in [-0.1, -0.05) is 39.0 Å². The topological polar surface area (TPSA) is 17.1 Å². The third-order valence-electron chi connectivity index (χ3n) is 3.23. The summed E-state index contributed by atoms with van der Waals surface area (Å²) in [6.07, 6.45) is 2.96. The Kier molecular flexibility index (Phi) is 2.41. The summed E-state index contributed by atoms with van der Waals surface area (Å²) in [5, 5.41) is 0. The van der Waals surface area contributed by atoms with Crippen LogP contribution in [0.25, 0.3) is 0 Å². The molecule has 1 atom stereocenters. The van der Waals surface area contributed by atoms with Crippen molar-refractivity contribution < 1.29 is 4.79 Å². The highest BCUT2D eigenvalue weighted by atomic mass is 16.1. The van der Waals surface area contributed by atoms with Gasteiger partial charge in [-0.2, -0.15) is 0 Å². The molecular formula is C14H18O. The zero-order chi connectivity index (χ0) is 11.1. The number of fused-ring (bicyclic) bond motifs is 1. The van der Waals surface area contributed by atoms with Crippen molar-refractivity contribution in [3.63, 3.8) is 0 Å². The Balaban J connectivity index is 2.34. The van der Waals surface area contributed by atoms with E-state index >= 15 is 0 Å². The molecule has 1 aliphatic carbocycles. The fourth-order valence-electron chi connectivity index (χ4n) is 2.21. The molecule has 0 bridgehead atoms. The van der Waals surface area contributed by atoms with E-state index in [9.17, 15) is 4.79 Å². The first-order valence-electron chi connectivity index (χ1n) is 5.58. The Labute approximate surface area is 91.5 Å². The number of benzene rings is 1. The van der Waals surface area contributed by atoms with E-state index < -0.39 is 0 Å². The fraction of sp³-hybridized carbons (Fsp3) is 0.500. The van der Waals surface area contributed by atoms with Crippen molar-refractivity contribution in [1.29, 1.82) is 0 Å². The second kappa shape index (κ2) is 3.48. The molecule has 0 saturated heterocycles. The Morgan fingerprint density at radius 1 is 1.20 bits per heavy atom. The second-order valence-electron chi connectivity index (χ2n) is 5.54. The van der Waals surface area contributed by atoms with Gasteiger partial charge in [0.25, 0.3) is 0 Å². The van der Waals surface area contributed by atoms with Crippen LogP contribution in [0.4, 0.5) is 0 Å². The molecule has 0 aromatic heterocycles. The molecule has 2 rings (SSSR count). The molecule has 0 spiro atoms. The molecule has 1 aliphatic rings. The second-order valence-corrected chi connectivity index (χ2v) is 5.54. The number of carbonyl (C=O) groups is 1. The smallest absolute Gasteiger partial charge is 0.123 e. The molecule has 15 heavy (non-hydrogen) atoms. The van der Waals surface area contributed by atoms with Gasteiger partial charge in [0.1, 0.15) is 6.29 Å². The predicted octanol–water partition coefficient (Wildman–Crippen LogP) is 2.90. The first-order chi connectivity index (χ1) is 7.00. The lowest BCUT2D eigenvalue weighted by Crippen LogP contribution is -2.11. The van der Waals surface area contributed by atoms with Gasteiger partial charge < -0.3 is 4.79 Å². The quantitative estimate of drug-likeness (QED) is 0.640. The lowest BCUT2D eigenvalue weighted by atomic mass is 9.85. The van der Waals surface area contributed by atoms with Gasteiger partial charge in [0.05, 0.1) is 0 Å². The molecule has 0 heterocycles. The van der Waals surface area contributed by atoms with E-state index in [2.05, 4.69) is 39.0 Å². The highest BCUT2D eigenvalue weighted by Gasteiger charge is 2.23. The third-order valence-corrected chi connectivity index (χ3v) is 3.23. The Bertz CT molecular complexity index is 385. The summed E-state index contributed by atoms with van der Waals surface area (Å²) in [7, 11) is 0. The highest BCUT2D eigenvalue weighted by molar-refractivity contribution is 5.58. The minimum absolute atomic E-state index is 0.203. The molecule has 0 amide bonds. The molecule has 0 fully saturated rings. The molecule has 0 N–H and O–H groups in total. The van der Waals surface area contributed by atoms with Crippen LogP contribution in [0.5, 0.6) is 0 Å². The molecule has 1 aromatic carbocycles. The van der Waals surface area contributed by atoms with Crippen LogP contribution in [-0.4, -0.2) is 6.29 Å². The molecule has 0 radical (unpaired) electrons. The molecule has 1 aromatic rings. The largest absolute Gasteiger partial charge is 0.303 e. The Hall–Kier alpha value is -1.11. The van der Waals surface area contributed by atoms with Crippen LogP contribution in [0.1, 0.15) is 37.5 Å². The summed E-state index contributed by atoms with van der Waals surface area (Å²) < 4.78 is 0. The summed E-state index contributed by atoms with van der Waals surface area (Å²) in [5.74, 6) is 0.218. The lowest BCUT2D eigenvalue weighted by Gasteiger charge is -2.19. The van der Waals surface area contributed by atoms with Gasteiger partial charge in [0, 0.05) is 5.92 Å². The van der Waals surface area contributed by atoms with E-state index in [4.69, 9.17) is 0 Å². The van der Waals surface area contributed by atoms with Crippen LogP contribution in [-0.2, 0) is 23.1 Å². The van der Waals surface area contributed by atoms with Crippen LogP contribution in [0, 0.1) is 5.92 Å². The van der Waals surface area contributed by atoms with E-state index in [-0.39, 0.29) is 11.3 Å². The monoisotopic (exact) mass is 202 g/mol. The average Bonchev–Trinajstić information content (AvgIpc) is 2.57. The zero-order valence-electron chi connectivity index (χ0n) is 9.71. The number of rotatable bonds is 1. The lowest BCUT2D eigenvalue weighted by molar-refractivity contribution is -0.110. The van der Waals surface area contributed by atoms with Crippen molar-refractivity contribution >= 4 is 6.29 Å². The van der Waals surface area contributed by atoms with Crippen molar-refractivity contribution in [1.82, 2.24) is 0 Å². The van der Waals surface area contributed by atoms with Crippen molar-refractivity contribution in [2.45, 2.75) is 39.0 Å². The van der Waals surface area contributed by atoms with E-state index in [1.807, 2.05) is 0 Å². The van der Waals surface area contributed by atoms with Gasteiger partial charge in [0.15, 0.2) is 0 Å². The van der Waals surface area contributed by atoms with Crippen molar-refractivity contribution in [2.24, 2.45) is 5.92 Å². The van der Waals surface area contributed by atoms with E-state index in [1.165, 1.54) is 16.7 Å². The SMILES string of the molecule is CC(C)(C)c1ccc2c(c1)C[C@H](C=O)C2. The van der Waals surface area contributed by atoms with Gasteiger partial charge in [-0.15, -0.1) is 0 Å². The number of carbonyl (C=O) groups excluding carboxylic acids is 1. The zero-order valence-corrected chi connectivity index (χ0v) is 9.71. The van der Waals surface area contributed by atoms with E-state index in [0.717, 1.165) is 19.1 Å². The number of hydrogen-bond acceptors (Lipinski definition) is 1. The first-order valence-corrected chi connectivity index (χ1v) is 5.58. The van der Waals surface area contributed by atoms with Crippen LogP contribution in [0.3, 0.4) is 0 Å². The standard InChI is InChI=1S/C14H18O/c1-14(2,3)13-5-4-11-6-10(9-15)7-12(11)8-13/h4-5,8-10H,6-7H2,1-3H3/t10-/m1/s1. The van der Waals surface area contributed by atoms with Gasteiger partial charge in [-0.05, 0) is 34.9 Å². The minimum Gasteiger partial charge on any atom is -0.303 e. The Morgan fingerprint density at radius 2 is 1.87 bits per heavy atom. The molecule has 0 unspecified atom stereocenters. The molecule has 0 aliphatic heterocycles. The van der Waals surface area contributed by atoms with Crippen LogP contribution in [0.2, 0.25) is 0 Å². The summed E-state index contributed by atoms with van der Waals surface area (Å²) in [6, 6.07) is 6.67. The van der Waals surface area contributed by atoms with Gasteiger partial charge in [-0.3, -0.25) is 0 Å². The predicted molar refractivity (Wildman–Crippen MR) is 62.1 cm³/mol. The fourth-order valence-corrected chi connectivity index (χ4v) is 2.21. The van der Waals surface area contributed by atoms with Crippen molar-refractivity contribution in [3.8, 4) is 0 Å². The number of hydrogen-bond donors (Lipinski definition) is 0. The van der Waals surface area contributed by atoms with Gasteiger partial charge in [0.2, 0.25) is 0 Å². The van der Waals surface area contributed by atoms with Crippen molar-refractivity contribution in [3.05, 3.63) is 34.9 Å². The minimum atomic E-state index is 0.203. The average molecular weight is 202 g/mol. The summed E-state index contributed by atoms with van der Waals surface area (Å²) in [6.45, 7) is 6.67. The molecule has 80 valence electrons. The molecule has 1 nitrogen and oxygen atoms in total. The molecule has 1 heteroatoms. The molecule has 0 saturated carbocycles. The summed E-state index contributed by atoms with van der Waals surface area (Å²) >= 11 is 0. The highest BCUT2D eigenvalue weighted by Crippen LogP contribution is 2.30. The van der Waals surface area contributed by atoms with Crippen LogP contribution in [0.15, 0.2) is 18.2 Å². The maximum atomic E-state index is 10.8.